The third-order valence-corrected chi connectivity index (χ3v) is 3.85. The van der Waals surface area contributed by atoms with Crippen LogP contribution in [0.1, 0.15) is 25.8 Å². The van der Waals surface area contributed by atoms with E-state index in [4.69, 9.17) is 15.2 Å². The fourth-order valence-corrected chi connectivity index (χ4v) is 2.57. The Morgan fingerprint density at radius 2 is 1.90 bits per heavy atom. The van der Waals surface area contributed by atoms with Crippen LogP contribution in [-0.4, -0.2) is 38.8 Å². The summed E-state index contributed by atoms with van der Waals surface area (Å²) in [6, 6.07) is 5.75. The lowest BCUT2D eigenvalue weighted by Gasteiger charge is -2.35. The number of hydrogen-bond acceptors (Lipinski definition) is 4. The molecule has 0 amide bonds. The molecule has 0 radical (unpaired) electrons. The first-order chi connectivity index (χ1) is 10.0. The van der Waals surface area contributed by atoms with Crippen molar-refractivity contribution in [3.8, 4) is 11.5 Å². The first-order valence-electron chi connectivity index (χ1n) is 7.39. The number of hydrogen-bond donors (Lipinski definition) is 1. The van der Waals surface area contributed by atoms with E-state index in [1.54, 1.807) is 14.2 Å². The maximum Gasteiger partial charge on any atom is 0.124 e. The quantitative estimate of drug-likeness (QED) is 0.711. The minimum absolute atomic E-state index is 0.548. The molecule has 0 bridgehead atoms. The Balaban J connectivity index is 3.27. The molecule has 1 aromatic rings. The Morgan fingerprint density at radius 3 is 2.38 bits per heavy atom. The summed E-state index contributed by atoms with van der Waals surface area (Å²) in [6.45, 7) is 10.8. The number of likely N-dealkylation sites (N-methyl/N-ethyl adjacent to an activating group) is 1. The van der Waals surface area contributed by atoms with Gasteiger partial charge in [-0.05, 0) is 37.7 Å². The van der Waals surface area contributed by atoms with Crippen LogP contribution in [0.4, 0.5) is 0 Å². The van der Waals surface area contributed by atoms with Gasteiger partial charge in [-0.25, -0.2) is 0 Å². The molecule has 1 unspecified atom stereocenters. The summed E-state index contributed by atoms with van der Waals surface area (Å²) < 4.78 is 10.8. The smallest absolute Gasteiger partial charge is 0.124 e. The molecule has 2 N–H and O–H groups in total. The van der Waals surface area contributed by atoms with Crippen molar-refractivity contribution in [2.24, 2.45) is 5.73 Å². The lowest BCUT2D eigenvalue weighted by atomic mass is 9.86. The molecule has 0 aliphatic rings. The second kappa shape index (κ2) is 8.05. The summed E-state index contributed by atoms with van der Waals surface area (Å²) in [6.07, 6.45) is 2.54. The third kappa shape index (κ3) is 4.22. The molecule has 1 rings (SSSR count). The average Bonchev–Trinajstić information content (AvgIpc) is 2.52. The SMILES string of the molecule is C=CCC(N)(CN(CC)CC)c1cc(OC)ccc1OC. The molecular formula is C17H28N2O2. The van der Waals surface area contributed by atoms with Gasteiger partial charge in [-0.15, -0.1) is 6.58 Å². The first kappa shape index (κ1) is 17.5. The monoisotopic (exact) mass is 292 g/mol. The number of benzene rings is 1. The van der Waals surface area contributed by atoms with Gasteiger partial charge in [-0.2, -0.15) is 0 Å². The number of methoxy groups -OCH3 is 2. The molecule has 0 fully saturated rings. The van der Waals surface area contributed by atoms with Gasteiger partial charge in [-0.1, -0.05) is 19.9 Å². The van der Waals surface area contributed by atoms with E-state index in [1.807, 2.05) is 24.3 Å². The highest BCUT2D eigenvalue weighted by molar-refractivity contribution is 5.45. The summed E-state index contributed by atoms with van der Waals surface area (Å²) in [5.74, 6) is 1.57. The van der Waals surface area contributed by atoms with Crippen LogP contribution >= 0.6 is 0 Å². The van der Waals surface area contributed by atoms with Crippen molar-refractivity contribution >= 4 is 0 Å². The highest BCUT2D eigenvalue weighted by atomic mass is 16.5. The molecule has 4 nitrogen and oxygen atoms in total. The minimum Gasteiger partial charge on any atom is -0.497 e. The van der Waals surface area contributed by atoms with E-state index in [0.29, 0.717) is 6.42 Å². The van der Waals surface area contributed by atoms with Gasteiger partial charge >= 0.3 is 0 Å². The molecule has 0 spiro atoms. The molecule has 0 aliphatic carbocycles. The van der Waals surface area contributed by atoms with Crippen molar-refractivity contribution < 1.29 is 9.47 Å². The second-order valence-electron chi connectivity index (χ2n) is 5.18. The Labute approximate surface area is 128 Å². The fourth-order valence-electron chi connectivity index (χ4n) is 2.57. The Hall–Kier alpha value is -1.52. The van der Waals surface area contributed by atoms with Crippen molar-refractivity contribution in [2.75, 3.05) is 33.9 Å². The summed E-state index contributed by atoms with van der Waals surface area (Å²) >= 11 is 0. The van der Waals surface area contributed by atoms with E-state index >= 15 is 0 Å². The van der Waals surface area contributed by atoms with Crippen molar-refractivity contribution in [1.82, 2.24) is 4.90 Å². The van der Waals surface area contributed by atoms with Crippen molar-refractivity contribution in [2.45, 2.75) is 25.8 Å². The summed E-state index contributed by atoms with van der Waals surface area (Å²) in [5.41, 5.74) is 7.14. The van der Waals surface area contributed by atoms with Crippen LogP contribution in [0.15, 0.2) is 30.9 Å². The third-order valence-electron chi connectivity index (χ3n) is 3.85. The highest BCUT2D eigenvalue weighted by Crippen LogP contribution is 2.34. The molecule has 118 valence electrons. The van der Waals surface area contributed by atoms with E-state index in [1.165, 1.54) is 0 Å². The van der Waals surface area contributed by atoms with Crippen LogP contribution in [0.5, 0.6) is 11.5 Å². The van der Waals surface area contributed by atoms with Gasteiger partial charge in [0.15, 0.2) is 0 Å². The van der Waals surface area contributed by atoms with Crippen LogP contribution in [0, 0.1) is 0 Å². The van der Waals surface area contributed by atoms with Gasteiger partial charge in [0.05, 0.1) is 19.8 Å². The first-order valence-corrected chi connectivity index (χ1v) is 7.39. The highest BCUT2D eigenvalue weighted by Gasteiger charge is 2.31. The van der Waals surface area contributed by atoms with Crippen molar-refractivity contribution in [1.29, 1.82) is 0 Å². The van der Waals surface area contributed by atoms with Crippen LogP contribution < -0.4 is 15.2 Å². The molecular weight excluding hydrogens is 264 g/mol. The zero-order valence-corrected chi connectivity index (χ0v) is 13.7. The number of rotatable bonds is 9. The summed E-state index contributed by atoms with van der Waals surface area (Å²) in [7, 11) is 3.32. The molecule has 0 aromatic heterocycles. The lowest BCUT2D eigenvalue weighted by Crippen LogP contribution is -2.47. The Bertz CT molecular complexity index is 458. The molecule has 0 heterocycles. The molecule has 0 saturated heterocycles. The normalized spacial score (nSPS) is 13.8. The number of nitrogens with zero attached hydrogens (tertiary/aromatic N) is 1. The summed E-state index contributed by atoms with van der Waals surface area (Å²) in [4.78, 5) is 2.31. The second-order valence-corrected chi connectivity index (χ2v) is 5.18. The molecule has 0 aliphatic heterocycles. The van der Waals surface area contributed by atoms with Gasteiger partial charge < -0.3 is 20.1 Å². The van der Waals surface area contributed by atoms with Crippen LogP contribution in [0.2, 0.25) is 0 Å². The van der Waals surface area contributed by atoms with E-state index in [2.05, 4.69) is 25.3 Å². The fraction of sp³-hybridized carbons (Fsp3) is 0.529. The minimum atomic E-state index is -0.548. The Kier molecular flexibility index (Phi) is 6.72. The standard InChI is InChI=1S/C17H28N2O2/c1-6-11-17(18,13-19(7-2)8-3)15-12-14(20-4)9-10-16(15)21-5/h6,9-10,12H,1,7-8,11,13,18H2,2-5H3. The van der Waals surface area contributed by atoms with Gasteiger partial charge in [0, 0.05) is 12.1 Å². The van der Waals surface area contributed by atoms with E-state index < -0.39 is 5.54 Å². The predicted molar refractivity (Wildman–Crippen MR) is 88.0 cm³/mol. The molecule has 4 heteroatoms. The van der Waals surface area contributed by atoms with Crippen LogP contribution in [0.3, 0.4) is 0 Å². The molecule has 21 heavy (non-hydrogen) atoms. The zero-order chi connectivity index (χ0) is 15.9. The Morgan fingerprint density at radius 1 is 1.24 bits per heavy atom. The zero-order valence-electron chi connectivity index (χ0n) is 13.7. The van der Waals surface area contributed by atoms with Crippen molar-refractivity contribution in [3.05, 3.63) is 36.4 Å². The van der Waals surface area contributed by atoms with E-state index in [0.717, 1.165) is 36.7 Å². The lowest BCUT2D eigenvalue weighted by molar-refractivity contribution is 0.222. The van der Waals surface area contributed by atoms with Gasteiger partial charge in [0.2, 0.25) is 0 Å². The molecule has 1 aromatic carbocycles. The van der Waals surface area contributed by atoms with Crippen LogP contribution in [-0.2, 0) is 5.54 Å². The largest absolute Gasteiger partial charge is 0.497 e. The number of ether oxygens (including phenoxy) is 2. The maximum atomic E-state index is 6.73. The van der Waals surface area contributed by atoms with Gasteiger partial charge in [0.25, 0.3) is 0 Å². The van der Waals surface area contributed by atoms with E-state index in [9.17, 15) is 0 Å². The topological polar surface area (TPSA) is 47.7 Å². The predicted octanol–water partition coefficient (Wildman–Crippen LogP) is 2.78. The maximum absolute atomic E-state index is 6.73. The van der Waals surface area contributed by atoms with Crippen molar-refractivity contribution in [3.63, 3.8) is 0 Å². The number of nitrogens with two attached hydrogens (primary N) is 1. The van der Waals surface area contributed by atoms with E-state index in [-0.39, 0.29) is 0 Å². The molecule has 1 atom stereocenters. The van der Waals surface area contributed by atoms with Gasteiger partial charge in [-0.3, -0.25) is 0 Å². The van der Waals surface area contributed by atoms with Gasteiger partial charge in [0.1, 0.15) is 11.5 Å². The van der Waals surface area contributed by atoms with Crippen LogP contribution in [0.25, 0.3) is 0 Å². The average molecular weight is 292 g/mol. The summed E-state index contributed by atoms with van der Waals surface area (Å²) in [5, 5.41) is 0. The molecule has 0 saturated carbocycles.